The van der Waals surface area contributed by atoms with Gasteiger partial charge in [0.25, 0.3) is 0 Å². The molecule has 0 amide bonds. The van der Waals surface area contributed by atoms with Crippen molar-refractivity contribution in [2.75, 3.05) is 14.2 Å². The van der Waals surface area contributed by atoms with Gasteiger partial charge >= 0.3 is 0 Å². The Hall–Kier alpha value is -1.65. The maximum absolute atomic E-state index is 8.89. The minimum Gasteiger partial charge on any atom is -0.550 e. The second kappa shape index (κ2) is 20.4. The Labute approximate surface area is 155 Å². The van der Waals surface area contributed by atoms with Crippen LogP contribution in [0.4, 0.5) is 0 Å². The molecule has 0 aromatic rings. The predicted octanol–water partition coefficient (Wildman–Crippen LogP) is -2.69. The summed E-state index contributed by atoms with van der Waals surface area (Å²) in [6.07, 6.45) is 6.16. The van der Waals surface area contributed by atoms with Crippen molar-refractivity contribution in [2.45, 2.75) is 20.8 Å². The van der Waals surface area contributed by atoms with E-state index in [1.807, 2.05) is 6.08 Å². The smallest absolute Gasteiger partial charge is 0.161 e. The van der Waals surface area contributed by atoms with Gasteiger partial charge in [-0.3, -0.25) is 0 Å². The molecule has 9 heteroatoms. The standard InChI is InChI=1S/C8H9O2.3C2H4O2.Pb/c1-9-7-3-5-8(10-2)6-4-7;3*1-2(3)4;/h3-5H,1-2H3;3*1H3,(H,3,4);/p-3. The van der Waals surface area contributed by atoms with Crippen LogP contribution in [-0.4, -0.2) is 59.4 Å². The van der Waals surface area contributed by atoms with Gasteiger partial charge in [0.05, 0.1) is 7.11 Å². The fourth-order valence-electron chi connectivity index (χ4n) is 0.650. The monoisotopic (exact) mass is 522 g/mol. The van der Waals surface area contributed by atoms with Gasteiger partial charge in [-0.15, -0.1) is 0 Å². The molecule has 0 bridgehead atoms. The van der Waals surface area contributed by atoms with E-state index in [9.17, 15) is 0 Å². The van der Waals surface area contributed by atoms with Crippen molar-refractivity contribution in [3.8, 4) is 0 Å². The van der Waals surface area contributed by atoms with Gasteiger partial charge in [-0.25, -0.2) is 0 Å². The SMILES string of the molecule is CC(=O)[O-].CC(=O)[O-].CC(=O)[O-].CO[C]1C=C=C(OC)C=C1.[Pb]. The molecular formula is C14H18O8Pb-3. The summed E-state index contributed by atoms with van der Waals surface area (Å²) >= 11 is 0. The molecule has 129 valence electrons. The molecule has 0 atom stereocenters. The third-order valence-electron chi connectivity index (χ3n) is 1.21. The molecule has 23 heavy (non-hydrogen) atoms. The van der Waals surface area contributed by atoms with Crippen LogP contribution in [0, 0.1) is 6.10 Å². The fourth-order valence-corrected chi connectivity index (χ4v) is 0.650. The predicted molar refractivity (Wildman–Crippen MR) is 75.8 cm³/mol. The molecule has 0 heterocycles. The molecule has 0 spiro atoms. The normalized spacial score (nSPS) is 10.7. The zero-order chi connectivity index (χ0) is 18.1. The van der Waals surface area contributed by atoms with E-state index >= 15 is 0 Å². The number of carbonyl (C=O) groups excluding carboxylic acids is 3. The molecule has 0 saturated carbocycles. The average molecular weight is 521 g/mol. The third-order valence-corrected chi connectivity index (χ3v) is 1.21. The van der Waals surface area contributed by atoms with Crippen LogP contribution in [0.25, 0.3) is 0 Å². The fraction of sp³-hybridized carbons (Fsp3) is 0.357. The summed E-state index contributed by atoms with van der Waals surface area (Å²) in [7, 11) is 3.23. The summed E-state index contributed by atoms with van der Waals surface area (Å²) in [5, 5.41) is 26.7. The third kappa shape index (κ3) is 44.9. The zero-order valence-corrected chi connectivity index (χ0v) is 17.4. The molecule has 8 nitrogen and oxygen atoms in total. The van der Waals surface area contributed by atoms with E-state index in [0.29, 0.717) is 0 Å². The maximum atomic E-state index is 8.89. The number of carboxylic acid groups (broad SMARTS) is 3. The molecule has 1 aliphatic rings. The van der Waals surface area contributed by atoms with Crippen molar-refractivity contribution in [1.29, 1.82) is 0 Å². The summed E-state index contributed by atoms with van der Waals surface area (Å²) in [6.45, 7) is 2.92. The van der Waals surface area contributed by atoms with Gasteiger partial charge in [0.1, 0.15) is 6.10 Å². The summed E-state index contributed by atoms with van der Waals surface area (Å²) in [5.41, 5.74) is 2.89. The number of rotatable bonds is 2. The molecule has 0 aromatic carbocycles. The molecule has 0 unspecified atom stereocenters. The molecule has 0 aliphatic heterocycles. The minimum atomic E-state index is -1.08. The maximum Gasteiger partial charge on any atom is 0.161 e. The van der Waals surface area contributed by atoms with Crippen molar-refractivity contribution in [3.63, 3.8) is 0 Å². The molecule has 0 aromatic heterocycles. The van der Waals surface area contributed by atoms with E-state index in [2.05, 4.69) is 5.73 Å². The van der Waals surface area contributed by atoms with Gasteiger partial charge in [-0.1, -0.05) is 5.73 Å². The van der Waals surface area contributed by atoms with Gasteiger partial charge in [0.15, 0.2) is 5.76 Å². The summed E-state index contributed by atoms with van der Waals surface area (Å²) in [5.74, 6) is -2.53. The van der Waals surface area contributed by atoms with E-state index in [0.717, 1.165) is 32.6 Å². The summed E-state index contributed by atoms with van der Waals surface area (Å²) in [4.78, 5) is 26.7. The van der Waals surface area contributed by atoms with Crippen LogP contribution >= 0.6 is 0 Å². The number of methoxy groups -OCH3 is 2. The first-order valence-corrected chi connectivity index (χ1v) is 5.69. The number of carbonyl (C=O) groups is 3. The second-order valence-electron chi connectivity index (χ2n) is 3.27. The molecule has 0 N–H and O–H groups in total. The van der Waals surface area contributed by atoms with Crippen molar-refractivity contribution in [2.24, 2.45) is 0 Å². The van der Waals surface area contributed by atoms with Crippen molar-refractivity contribution in [1.82, 2.24) is 0 Å². The quantitative estimate of drug-likeness (QED) is 0.283. The van der Waals surface area contributed by atoms with Crippen LogP contribution in [0.2, 0.25) is 0 Å². The van der Waals surface area contributed by atoms with E-state index < -0.39 is 17.9 Å². The van der Waals surface area contributed by atoms with E-state index in [4.69, 9.17) is 39.2 Å². The molecule has 0 saturated heterocycles. The van der Waals surface area contributed by atoms with Crippen molar-refractivity contribution < 1.29 is 39.2 Å². The zero-order valence-electron chi connectivity index (χ0n) is 13.5. The van der Waals surface area contributed by atoms with Gasteiger partial charge in [0.2, 0.25) is 0 Å². The average Bonchev–Trinajstić information content (AvgIpc) is 2.37. The number of ether oxygens (including phenoxy) is 2. The molecular weight excluding hydrogens is 503 g/mol. The Balaban J connectivity index is -0.000000118. The van der Waals surface area contributed by atoms with Gasteiger partial charge in [-0.2, -0.15) is 0 Å². The number of hydrogen-bond donors (Lipinski definition) is 0. The first-order valence-electron chi connectivity index (χ1n) is 5.69. The summed E-state index contributed by atoms with van der Waals surface area (Å²) in [6, 6.07) is 0. The second-order valence-corrected chi connectivity index (χ2v) is 3.27. The van der Waals surface area contributed by atoms with E-state index in [1.54, 1.807) is 26.4 Å². The Bertz CT molecular complexity index is 396. The van der Waals surface area contributed by atoms with Gasteiger partial charge < -0.3 is 39.2 Å². The molecule has 5 radical (unpaired) electrons. The van der Waals surface area contributed by atoms with Crippen LogP contribution in [0.5, 0.6) is 0 Å². The molecule has 1 rings (SSSR count). The number of hydrogen-bond acceptors (Lipinski definition) is 8. The van der Waals surface area contributed by atoms with Crippen LogP contribution in [0.1, 0.15) is 20.8 Å². The number of aliphatic carboxylic acids is 3. The van der Waals surface area contributed by atoms with E-state index in [1.165, 1.54) is 0 Å². The van der Waals surface area contributed by atoms with Gasteiger partial charge in [-0.05, 0) is 32.9 Å². The van der Waals surface area contributed by atoms with Gasteiger partial charge in [0, 0.05) is 58.4 Å². The minimum absolute atomic E-state index is 0. The van der Waals surface area contributed by atoms with Crippen LogP contribution in [0.15, 0.2) is 29.7 Å². The molecule has 0 fully saturated rings. The van der Waals surface area contributed by atoms with Crippen molar-refractivity contribution >= 4 is 45.2 Å². The van der Waals surface area contributed by atoms with E-state index in [-0.39, 0.29) is 27.3 Å². The van der Waals surface area contributed by atoms with Crippen LogP contribution < -0.4 is 15.3 Å². The Morgan fingerprint density at radius 3 is 1.39 bits per heavy atom. The topological polar surface area (TPSA) is 139 Å². The molecule has 1 aliphatic carbocycles. The Kier molecular flexibility index (Phi) is 26.0. The Morgan fingerprint density at radius 1 is 0.870 bits per heavy atom. The largest absolute Gasteiger partial charge is 0.550 e. The van der Waals surface area contributed by atoms with Crippen molar-refractivity contribution in [3.05, 3.63) is 35.8 Å². The van der Waals surface area contributed by atoms with Crippen LogP contribution in [-0.2, 0) is 23.9 Å². The first kappa shape index (κ1) is 29.4. The van der Waals surface area contributed by atoms with Crippen LogP contribution in [0.3, 0.4) is 0 Å². The Morgan fingerprint density at radius 2 is 1.22 bits per heavy atom. The first-order chi connectivity index (χ1) is 10.1. The number of carboxylic acids is 3. The summed E-state index contributed by atoms with van der Waals surface area (Å²) < 4.78 is 9.83.